The van der Waals surface area contributed by atoms with Crippen molar-refractivity contribution >= 4 is 0 Å². The van der Waals surface area contributed by atoms with Gasteiger partial charge in [-0.15, -0.1) is 0 Å². The average Bonchev–Trinajstić information content (AvgIpc) is 2.98. The predicted molar refractivity (Wildman–Crippen MR) is 87.8 cm³/mol. The van der Waals surface area contributed by atoms with Crippen molar-refractivity contribution in [2.45, 2.75) is 32.1 Å². The summed E-state index contributed by atoms with van der Waals surface area (Å²) in [6.45, 7) is 1.93. The molecular weight excluding hydrogens is 289 g/mol. The number of hydrogen-bond acceptors (Lipinski definition) is 2. The van der Waals surface area contributed by atoms with Gasteiger partial charge in [0.2, 0.25) is 5.89 Å². The van der Waals surface area contributed by atoms with Gasteiger partial charge in [-0.05, 0) is 61.1 Å². The van der Waals surface area contributed by atoms with E-state index in [4.69, 9.17) is 4.42 Å². The summed E-state index contributed by atoms with van der Waals surface area (Å²) in [5, 5.41) is 0. The second-order valence-electron chi connectivity index (χ2n) is 6.26. The largest absolute Gasteiger partial charge is 0.441 e. The Hall–Kier alpha value is -2.42. The summed E-state index contributed by atoms with van der Waals surface area (Å²) in [5.74, 6) is 1.77. The van der Waals surface area contributed by atoms with E-state index in [1.807, 2.05) is 37.3 Å². The van der Waals surface area contributed by atoms with Gasteiger partial charge < -0.3 is 4.42 Å². The van der Waals surface area contributed by atoms with Crippen molar-refractivity contribution in [3.8, 4) is 11.5 Å². The molecular formula is C20H18FNO. The zero-order valence-corrected chi connectivity index (χ0v) is 13.1. The number of nitrogens with zero attached hydrogens (tertiary/aromatic N) is 1. The summed E-state index contributed by atoms with van der Waals surface area (Å²) >= 11 is 0. The van der Waals surface area contributed by atoms with Crippen LogP contribution in [-0.4, -0.2) is 4.98 Å². The van der Waals surface area contributed by atoms with Crippen LogP contribution < -0.4 is 0 Å². The quantitative estimate of drug-likeness (QED) is 0.661. The zero-order valence-electron chi connectivity index (χ0n) is 13.1. The van der Waals surface area contributed by atoms with Crippen LogP contribution in [0.15, 0.2) is 52.9 Å². The molecule has 0 amide bonds. The highest BCUT2D eigenvalue weighted by atomic mass is 19.1. The third-order valence-electron chi connectivity index (χ3n) is 4.50. The zero-order chi connectivity index (χ0) is 15.8. The Bertz CT molecular complexity index is 818. The van der Waals surface area contributed by atoms with Gasteiger partial charge in [-0.2, -0.15) is 0 Å². The molecule has 1 aliphatic rings. The molecule has 2 nitrogen and oxygen atoms in total. The van der Waals surface area contributed by atoms with E-state index in [1.54, 1.807) is 12.1 Å². The lowest BCUT2D eigenvalue weighted by Gasteiger charge is -2.21. The van der Waals surface area contributed by atoms with Crippen LogP contribution in [0.3, 0.4) is 0 Å². The van der Waals surface area contributed by atoms with Gasteiger partial charge in [0.1, 0.15) is 11.6 Å². The molecule has 0 bridgehead atoms. The molecule has 0 saturated heterocycles. The lowest BCUT2D eigenvalue weighted by Crippen LogP contribution is -2.12. The van der Waals surface area contributed by atoms with E-state index in [2.05, 4.69) is 11.1 Å². The van der Waals surface area contributed by atoms with Crippen LogP contribution >= 0.6 is 0 Å². The third kappa shape index (κ3) is 2.79. The molecule has 1 aliphatic carbocycles. The van der Waals surface area contributed by atoms with Crippen LogP contribution in [-0.2, 0) is 12.8 Å². The highest BCUT2D eigenvalue weighted by Crippen LogP contribution is 2.35. The van der Waals surface area contributed by atoms with Gasteiger partial charge in [0, 0.05) is 12.0 Å². The Labute approximate surface area is 135 Å². The molecule has 2 aromatic carbocycles. The van der Waals surface area contributed by atoms with E-state index in [0.29, 0.717) is 11.8 Å². The fourth-order valence-electron chi connectivity index (χ4n) is 3.36. The minimum atomic E-state index is -0.159. The third-order valence-corrected chi connectivity index (χ3v) is 4.50. The number of aromatic nitrogens is 1. The van der Waals surface area contributed by atoms with Crippen molar-refractivity contribution in [1.82, 2.24) is 4.98 Å². The maximum Gasteiger partial charge on any atom is 0.226 e. The Morgan fingerprint density at radius 1 is 1.13 bits per heavy atom. The van der Waals surface area contributed by atoms with Gasteiger partial charge in [0.15, 0.2) is 0 Å². The molecule has 116 valence electrons. The minimum Gasteiger partial charge on any atom is -0.441 e. The van der Waals surface area contributed by atoms with Crippen molar-refractivity contribution in [3.05, 3.63) is 76.9 Å². The van der Waals surface area contributed by atoms with Gasteiger partial charge >= 0.3 is 0 Å². The van der Waals surface area contributed by atoms with E-state index >= 15 is 0 Å². The molecule has 3 aromatic rings. The molecule has 4 rings (SSSR count). The molecule has 0 N–H and O–H groups in total. The summed E-state index contributed by atoms with van der Waals surface area (Å²) < 4.78 is 19.7. The Kier molecular flexibility index (Phi) is 3.49. The van der Waals surface area contributed by atoms with Crippen molar-refractivity contribution in [1.29, 1.82) is 0 Å². The second-order valence-corrected chi connectivity index (χ2v) is 6.26. The normalized spacial score (nSPS) is 17.0. The van der Waals surface area contributed by atoms with Crippen LogP contribution in [0.25, 0.3) is 11.5 Å². The molecule has 0 fully saturated rings. The van der Waals surface area contributed by atoms with Crippen molar-refractivity contribution < 1.29 is 8.81 Å². The van der Waals surface area contributed by atoms with Crippen LogP contribution in [0.2, 0.25) is 0 Å². The molecule has 0 saturated carbocycles. The van der Waals surface area contributed by atoms with E-state index in [1.165, 1.54) is 0 Å². The summed E-state index contributed by atoms with van der Waals surface area (Å²) in [7, 11) is 0. The van der Waals surface area contributed by atoms with E-state index < -0.39 is 0 Å². The lowest BCUT2D eigenvalue weighted by atomic mass is 9.84. The van der Waals surface area contributed by atoms with E-state index in [0.717, 1.165) is 47.4 Å². The Balaban J connectivity index is 1.63. The second kappa shape index (κ2) is 5.65. The maximum atomic E-state index is 13.7. The molecule has 1 aromatic heterocycles. The molecule has 1 unspecified atom stereocenters. The first-order valence-electron chi connectivity index (χ1n) is 8.00. The fourth-order valence-corrected chi connectivity index (χ4v) is 3.36. The summed E-state index contributed by atoms with van der Waals surface area (Å²) in [6.07, 6.45) is 2.65. The highest BCUT2D eigenvalue weighted by molar-refractivity contribution is 5.53. The number of hydrogen-bond donors (Lipinski definition) is 0. The first kappa shape index (κ1) is 14.2. The number of rotatable bonds is 2. The molecule has 0 spiro atoms. The number of oxazole rings is 1. The van der Waals surface area contributed by atoms with E-state index in [9.17, 15) is 4.39 Å². The van der Waals surface area contributed by atoms with Gasteiger partial charge in [-0.1, -0.05) is 24.3 Å². The Morgan fingerprint density at radius 2 is 1.96 bits per heavy atom. The predicted octanol–water partition coefficient (Wildman–Crippen LogP) is 5.06. The fraction of sp³-hybridized carbons (Fsp3) is 0.250. The van der Waals surface area contributed by atoms with Crippen molar-refractivity contribution in [3.63, 3.8) is 0 Å². The molecule has 1 atom stereocenters. The lowest BCUT2D eigenvalue weighted by molar-refractivity contribution is 0.457. The minimum absolute atomic E-state index is 0.159. The first-order chi connectivity index (χ1) is 11.2. The van der Waals surface area contributed by atoms with Crippen LogP contribution in [0.1, 0.15) is 34.9 Å². The van der Waals surface area contributed by atoms with Gasteiger partial charge in [0.05, 0.1) is 5.69 Å². The van der Waals surface area contributed by atoms with Crippen LogP contribution in [0.4, 0.5) is 4.39 Å². The SMILES string of the molecule is Cc1cc(F)cc(C2CCc3nc(-c4ccccc4)oc3C2)c1. The summed E-state index contributed by atoms with van der Waals surface area (Å²) in [4.78, 5) is 4.64. The average molecular weight is 307 g/mol. The van der Waals surface area contributed by atoms with Gasteiger partial charge in [-0.3, -0.25) is 0 Å². The number of fused-ring (bicyclic) bond motifs is 1. The van der Waals surface area contributed by atoms with Crippen LogP contribution in [0, 0.1) is 12.7 Å². The molecule has 0 aliphatic heterocycles. The number of aryl methyl sites for hydroxylation is 2. The van der Waals surface area contributed by atoms with Crippen molar-refractivity contribution in [2.24, 2.45) is 0 Å². The maximum absolute atomic E-state index is 13.7. The summed E-state index contributed by atoms with van der Waals surface area (Å²) in [5.41, 5.74) is 4.08. The standard InChI is InChI=1S/C20H18FNO/c1-13-9-16(11-17(21)10-13)15-7-8-18-19(12-15)23-20(22-18)14-5-3-2-4-6-14/h2-6,9-11,15H,7-8,12H2,1H3. The number of halogens is 1. The number of benzene rings is 2. The van der Waals surface area contributed by atoms with Crippen molar-refractivity contribution in [2.75, 3.05) is 0 Å². The topological polar surface area (TPSA) is 26.0 Å². The molecule has 0 radical (unpaired) electrons. The molecule has 23 heavy (non-hydrogen) atoms. The smallest absolute Gasteiger partial charge is 0.226 e. The first-order valence-corrected chi connectivity index (χ1v) is 8.00. The van der Waals surface area contributed by atoms with Crippen LogP contribution in [0.5, 0.6) is 0 Å². The Morgan fingerprint density at radius 3 is 2.74 bits per heavy atom. The molecule has 1 heterocycles. The monoisotopic (exact) mass is 307 g/mol. The van der Waals surface area contributed by atoms with E-state index in [-0.39, 0.29) is 5.82 Å². The summed E-state index contributed by atoms with van der Waals surface area (Å²) in [6, 6.07) is 15.3. The van der Waals surface area contributed by atoms with Gasteiger partial charge in [-0.25, -0.2) is 9.37 Å². The van der Waals surface area contributed by atoms with Gasteiger partial charge in [0.25, 0.3) is 0 Å². The highest BCUT2D eigenvalue weighted by Gasteiger charge is 2.26. The molecule has 3 heteroatoms.